The van der Waals surface area contributed by atoms with Gasteiger partial charge >= 0.3 is 0 Å². The van der Waals surface area contributed by atoms with E-state index in [-0.39, 0.29) is 5.79 Å². The van der Waals surface area contributed by atoms with Crippen LogP contribution in [0.5, 0.6) is 0 Å². The first-order chi connectivity index (χ1) is 6.69. The molecule has 14 heavy (non-hydrogen) atoms. The van der Waals surface area contributed by atoms with Gasteiger partial charge in [-0.1, -0.05) is 6.92 Å². The smallest absolute Gasteiger partial charge is 0.174 e. The lowest BCUT2D eigenvalue weighted by molar-refractivity contribution is -0.255. The second kappa shape index (κ2) is 1.92. The molecule has 4 aliphatic rings. The van der Waals surface area contributed by atoms with Gasteiger partial charge in [0.1, 0.15) is 0 Å². The summed E-state index contributed by atoms with van der Waals surface area (Å²) in [6, 6.07) is 0. The Kier molecular flexibility index (Phi) is 1.11. The van der Waals surface area contributed by atoms with Crippen molar-refractivity contribution in [1.29, 1.82) is 0 Å². The Labute approximate surface area is 85.0 Å². The maximum Gasteiger partial charge on any atom is 0.174 e. The molecule has 0 radical (unpaired) electrons. The molecule has 0 N–H and O–H groups in total. The van der Waals surface area contributed by atoms with Crippen LogP contribution >= 0.6 is 0 Å². The highest BCUT2D eigenvalue weighted by molar-refractivity contribution is 5.31. The normalized spacial score (nSPS) is 64.9. The van der Waals surface area contributed by atoms with Gasteiger partial charge in [-0.2, -0.15) is 0 Å². The number of fused-ring (bicyclic) bond motifs is 8. The zero-order chi connectivity index (χ0) is 9.72. The Balaban J connectivity index is 1.84. The van der Waals surface area contributed by atoms with Crippen molar-refractivity contribution in [3.8, 4) is 0 Å². The maximum absolute atomic E-state index is 5.78. The van der Waals surface area contributed by atoms with Crippen molar-refractivity contribution < 1.29 is 9.47 Å². The van der Waals surface area contributed by atoms with Gasteiger partial charge in [-0.25, -0.2) is 0 Å². The van der Waals surface area contributed by atoms with Gasteiger partial charge in [0.2, 0.25) is 0 Å². The summed E-state index contributed by atoms with van der Waals surface area (Å²) < 4.78 is 11.6. The minimum absolute atomic E-state index is 0.189. The third kappa shape index (κ3) is 0.548. The fraction of sp³-hybridized carbons (Fsp3) is 1.00. The van der Waals surface area contributed by atoms with Crippen molar-refractivity contribution >= 4 is 0 Å². The summed E-state index contributed by atoms with van der Waals surface area (Å²) in [5.74, 6) is 4.02. The van der Waals surface area contributed by atoms with E-state index in [1.807, 2.05) is 14.2 Å². The van der Waals surface area contributed by atoms with E-state index in [1.165, 1.54) is 12.8 Å². The predicted octanol–water partition coefficient (Wildman–Crippen LogP) is 1.90. The van der Waals surface area contributed by atoms with Crippen LogP contribution in [-0.4, -0.2) is 20.0 Å². The molecule has 0 spiro atoms. The summed E-state index contributed by atoms with van der Waals surface area (Å²) in [5.41, 5.74) is 0.578. The van der Waals surface area contributed by atoms with Crippen LogP contribution in [0, 0.1) is 35.0 Å². The molecule has 4 rings (SSSR count). The molecule has 2 bridgehead atoms. The number of hydrogen-bond donors (Lipinski definition) is 0. The lowest BCUT2D eigenvalue weighted by Gasteiger charge is -2.37. The average molecular weight is 194 g/mol. The molecule has 0 aromatic heterocycles. The Morgan fingerprint density at radius 2 is 1.86 bits per heavy atom. The number of hydrogen-bond acceptors (Lipinski definition) is 2. The topological polar surface area (TPSA) is 18.5 Å². The SMILES string of the molecule is COC1(OC)[C@H]2[C@H]3C[C@H]3[C@@H]1[C@]1(C)C[C@H]21. The second-order valence-electron chi connectivity index (χ2n) is 6.01. The molecule has 0 aliphatic heterocycles. The molecular weight excluding hydrogens is 176 g/mol. The van der Waals surface area contributed by atoms with E-state index in [9.17, 15) is 0 Å². The van der Waals surface area contributed by atoms with Gasteiger partial charge in [-0.15, -0.1) is 0 Å². The van der Waals surface area contributed by atoms with Crippen LogP contribution in [0.15, 0.2) is 0 Å². The Hall–Kier alpha value is -0.0800. The highest BCUT2D eigenvalue weighted by Crippen LogP contribution is 2.86. The molecule has 0 aromatic rings. The molecule has 0 aromatic carbocycles. The van der Waals surface area contributed by atoms with Gasteiger partial charge in [0.15, 0.2) is 5.79 Å². The highest BCUT2D eigenvalue weighted by Gasteiger charge is 2.86. The van der Waals surface area contributed by atoms with Gasteiger partial charge in [-0.3, -0.25) is 0 Å². The molecule has 6 atom stereocenters. The molecule has 2 nitrogen and oxygen atoms in total. The van der Waals surface area contributed by atoms with Crippen molar-refractivity contribution in [1.82, 2.24) is 0 Å². The number of rotatable bonds is 2. The van der Waals surface area contributed by atoms with E-state index < -0.39 is 0 Å². The highest BCUT2D eigenvalue weighted by atomic mass is 16.7. The molecule has 4 fully saturated rings. The first kappa shape index (κ1) is 8.12. The molecule has 4 aliphatic carbocycles. The van der Waals surface area contributed by atoms with Crippen molar-refractivity contribution in [2.75, 3.05) is 14.2 Å². The summed E-state index contributed by atoms with van der Waals surface area (Å²) in [6.07, 6.45) is 2.89. The Morgan fingerprint density at radius 3 is 2.36 bits per heavy atom. The zero-order valence-electron chi connectivity index (χ0n) is 9.12. The first-order valence-electron chi connectivity index (χ1n) is 5.79. The van der Waals surface area contributed by atoms with E-state index in [0.29, 0.717) is 11.3 Å². The lowest BCUT2D eigenvalue weighted by atomic mass is 9.85. The summed E-state index contributed by atoms with van der Waals surface area (Å²) >= 11 is 0. The first-order valence-corrected chi connectivity index (χ1v) is 5.79. The third-order valence-electron chi connectivity index (χ3n) is 5.81. The van der Waals surface area contributed by atoms with E-state index >= 15 is 0 Å². The molecule has 0 amide bonds. The summed E-state index contributed by atoms with van der Waals surface area (Å²) in [6.45, 7) is 2.45. The van der Waals surface area contributed by atoms with E-state index in [4.69, 9.17) is 9.47 Å². The van der Waals surface area contributed by atoms with E-state index in [2.05, 4.69) is 6.92 Å². The van der Waals surface area contributed by atoms with Crippen LogP contribution in [0.2, 0.25) is 0 Å². The fourth-order valence-electron chi connectivity index (χ4n) is 5.28. The van der Waals surface area contributed by atoms with Gasteiger partial charge in [0, 0.05) is 26.1 Å². The average Bonchev–Trinajstić information content (AvgIpc) is 3.05. The van der Waals surface area contributed by atoms with Crippen LogP contribution in [0.3, 0.4) is 0 Å². The fourth-order valence-corrected chi connectivity index (χ4v) is 5.28. The molecular formula is C12H18O2. The maximum atomic E-state index is 5.78. The molecule has 2 heteroatoms. The number of methoxy groups -OCH3 is 2. The van der Waals surface area contributed by atoms with Crippen LogP contribution in [0.25, 0.3) is 0 Å². The van der Waals surface area contributed by atoms with E-state index in [0.717, 1.165) is 23.7 Å². The lowest BCUT2D eigenvalue weighted by Crippen LogP contribution is -2.44. The largest absolute Gasteiger partial charge is 0.353 e. The third-order valence-corrected chi connectivity index (χ3v) is 5.81. The molecule has 0 unspecified atom stereocenters. The van der Waals surface area contributed by atoms with Gasteiger partial charge < -0.3 is 9.47 Å². The number of ether oxygens (including phenoxy) is 2. The van der Waals surface area contributed by atoms with Gasteiger partial charge in [-0.05, 0) is 36.0 Å². The molecule has 4 saturated carbocycles. The van der Waals surface area contributed by atoms with Crippen LogP contribution in [0.4, 0.5) is 0 Å². The van der Waals surface area contributed by atoms with Crippen LogP contribution in [-0.2, 0) is 9.47 Å². The predicted molar refractivity (Wildman–Crippen MR) is 51.5 cm³/mol. The molecule has 78 valence electrons. The van der Waals surface area contributed by atoms with Gasteiger partial charge in [0.05, 0.1) is 0 Å². The molecule has 0 heterocycles. The second-order valence-corrected chi connectivity index (χ2v) is 6.01. The Bertz CT molecular complexity index is 309. The Morgan fingerprint density at radius 1 is 1.14 bits per heavy atom. The summed E-state index contributed by atoms with van der Waals surface area (Å²) in [7, 11) is 3.67. The van der Waals surface area contributed by atoms with Crippen molar-refractivity contribution in [3.63, 3.8) is 0 Å². The minimum atomic E-state index is -0.189. The summed E-state index contributed by atoms with van der Waals surface area (Å²) in [4.78, 5) is 0. The van der Waals surface area contributed by atoms with Crippen molar-refractivity contribution in [2.24, 2.45) is 35.0 Å². The quantitative estimate of drug-likeness (QED) is 0.625. The van der Waals surface area contributed by atoms with Crippen LogP contribution in [0.1, 0.15) is 19.8 Å². The minimum Gasteiger partial charge on any atom is -0.353 e. The zero-order valence-corrected chi connectivity index (χ0v) is 9.12. The van der Waals surface area contributed by atoms with Crippen LogP contribution < -0.4 is 0 Å². The standard InChI is InChI=1S/C12H18O2/c1-11-5-8(11)9-6-4-7(6)10(11)12(9,13-2)14-3/h6-10H,4-5H2,1-3H3/t6-,7+,8+,9-,10+,11+/m0/s1. The molecule has 0 saturated heterocycles. The monoisotopic (exact) mass is 194 g/mol. The van der Waals surface area contributed by atoms with Gasteiger partial charge in [0.25, 0.3) is 0 Å². The van der Waals surface area contributed by atoms with E-state index in [1.54, 1.807) is 0 Å². The van der Waals surface area contributed by atoms with Crippen molar-refractivity contribution in [2.45, 2.75) is 25.6 Å². The summed E-state index contributed by atoms with van der Waals surface area (Å²) in [5, 5.41) is 0. The van der Waals surface area contributed by atoms with Crippen molar-refractivity contribution in [3.05, 3.63) is 0 Å².